The molecule has 24 heavy (non-hydrogen) atoms. The van der Waals surface area contributed by atoms with E-state index >= 15 is 0 Å². The lowest BCUT2D eigenvalue weighted by molar-refractivity contribution is 0.266. The molecule has 2 aromatic heterocycles. The molecule has 7 heteroatoms. The van der Waals surface area contributed by atoms with E-state index in [0.29, 0.717) is 6.54 Å². The maximum absolute atomic E-state index is 9.49. The van der Waals surface area contributed by atoms with Crippen molar-refractivity contribution in [2.24, 2.45) is 0 Å². The normalized spacial score (nSPS) is 20.2. The fourth-order valence-corrected chi connectivity index (χ4v) is 3.67. The Kier molecular flexibility index (Phi) is 4.34. The predicted molar refractivity (Wildman–Crippen MR) is 92.0 cm³/mol. The highest BCUT2D eigenvalue weighted by Gasteiger charge is 2.25. The van der Waals surface area contributed by atoms with Gasteiger partial charge in [0.05, 0.1) is 24.9 Å². The molecule has 2 N–H and O–H groups in total. The van der Waals surface area contributed by atoms with E-state index in [0.717, 1.165) is 49.7 Å². The van der Waals surface area contributed by atoms with Crippen LogP contribution >= 0.6 is 0 Å². The van der Waals surface area contributed by atoms with E-state index in [1.807, 2.05) is 6.07 Å². The molecule has 1 saturated heterocycles. The number of hydrogen-bond donors (Lipinski definition) is 2. The minimum absolute atomic E-state index is 0.174. The Labute approximate surface area is 141 Å². The van der Waals surface area contributed by atoms with Crippen LogP contribution in [0.15, 0.2) is 18.6 Å². The van der Waals surface area contributed by atoms with Crippen molar-refractivity contribution in [1.82, 2.24) is 19.5 Å². The summed E-state index contributed by atoms with van der Waals surface area (Å²) in [7, 11) is 0. The van der Waals surface area contributed by atoms with Crippen LogP contribution in [0.4, 0.5) is 11.6 Å². The summed E-state index contributed by atoms with van der Waals surface area (Å²) in [5, 5.41) is 12.8. The number of aliphatic hydroxyl groups excluding tert-OH is 1. The first-order valence-corrected chi connectivity index (χ1v) is 8.82. The summed E-state index contributed by atoms with van der Waals surface area (Å²) >= 11 is 0. The molecule has 0 spiro atoms. The molecule has 7 nitrogen and oxygen atoms in total. The number of fused-ring (bicyclic) bond motifs is 1. The van der Waals surface area contributed by atoms with Gasteiger partial charge in [0.15, 0.2) is 0 Å². The maximum atomic E-state index is 9.49. The average molecular weight is 328 g/mol. The highest BCUT2D eigenvalue weighted by atomic mass is 16.3. The summed E-state index contributed by atoms with van der Waals surface area (Å²) in [4.78, 5) is 15.6. The van der Waals surface area contributed by atoms with Gasteiger partial charge in [-0.15, -0.1) is 0 Å². The molecule has 0 bridgehead atoms. The van der Waals surface area contributed by atoms with E-state index in [9.17, 15) is 5.11 Å². The van der Waals surface area contributed by atoms with Gasteiger partial charge in [-0.2, -0.15) is 0 Å². The standard InChI is InChI=1S/C17H24N6O/c24-11-14-4-3-7-23(14)17-8-15(19-12-20-17)18-9-13-10-22-6-2-1-5-16(22)21-13/h8,10,12,14,24H,1-7,9,11H2,(H,18,19,20)/t14-/m1/s1. The quantitative estimate of drug-likeness (QED) is 0.868. The fourth-order valence-electron chi connectivity index (χ4n) is 3.67. The molecule has 0 unspecified atom stereocenters. The lowest BCUT2D eigenvalue weighted by Crippen LogP contribution is -2.32. The Morgan fingerprint density at radius 1 is 1.21 bits per heavy atom. The Hall–Kier alpha value is -2.15. The summed E-state index contributed by atoms with van der Waals surface area (Å²) in [6.45, 7) is 2.86. The number of imidazole rings is 1. The minimum Gasteiger partial charge on any atom is -0.394 e. The number of rotatable bonds is 5. The molecule has 2 aliphatic rings. The van der Waals surface area contributed by atoms with Crippen LogP contribution in [-0.4, -0.2) is 43.8 Å². The zero-order valence-corrected chi connectivity index (χ0v) is 13.9. The number of anilines is 2. The molecule has 0 saturated carbocycles. The van der Waals surface area contributed by atoms with Gasteiger partial charge in [0.1, 0.15) is 23.8 Å². The first-order valence-electron chi connectivity index (χ1n) is 8.82. The molecule has 4 rings (SSSR count). The lowest BCUT2D eigenvalue weighted by atomic mass is 10.2. The number of hydrogen-bond acceptors (Lipinski definition) is 6. The Morgan fingerprint density at radius 2 is 2.17 bits per heavy atom. The van der Waals surface area contributed by atoms with Crippen LogP contribution in [0.1, 0.15) is 37.2 Å². The second-order valence-electron chi connectivity index (χ2n) is 6.59. The van der Waals surface area contributed by atoms with E-state index in [4.69, 9.17) is 4.98 Å². The smallest absolute Gasteiger partial charge is 0.134 e. The highest BCUT2D eigenvalue weighted by Crippen LogP contribution is 2.24. The molecule has 0 aliphatic carbocycles. The van der Waals surface area contributed by atoms with E-state index in [1.54, 1.807) is 6.33 Å². The van der Waals surface area contributed by atoms with Crippen molar-refractivity contribution in [2.45, 2.75) is 51.2 Å². The minimum atomic E-state index is 0.174. The monoisotopic (exact) mass is 328 g/mol. The first-order chi connectivity index (χ1) is 11.8. The van der Waals surface area contributed by atoms with Crippen LogP contribution in [-0.2, 0) is 19.5 Å². The largest absolute Gasteiger partial charge is 0.394 e. The van der Waals surface area contributed by atoms with Crippen molar-refractivity contribution in [3.63, 3.8) is 0 Å². The van der Waals surface area contributed by atoms with Gasteiger partial charge < -0.3 is 19.9 Å². The zero-order valence-electron chi connectivity index (χ0n) is 13.9. The van der Waals surface area contributed by atoms with Gasteiger partial charge in [-0.05, 0) is 25.7 Å². The second-order valence-corrected chi connectivity index (χ2v) is 6.59. The third-order valence-electron chi connectivity index (χ3n) is 4.94. The Morgan fingerprint density at radius 3 is 3.04 bits per heavy atom. The van der Waals surface area contributed by atoms with Crippen molar-refractivity contribution < 1.29 is 5.11 Å². The zero-order chi connectivity index (χ0) is 16.4. The van der Waals surface area contributed by atoms with Crippen LogP contribution < -0.4 is 10.2 Å². The van der Waals surface area contributed by atoms with E-state index in [1.165, 1.54) is 18.7 Å². The topological polar surface area (TPSA) is 79.1 Å². The molecule has 0 radical (unpaired) electrons. The van der Waals surface area contributed by atoms with Crippen molar-refractivity contribution in [3.8, 4) is 0 Å². The summed E-state index contributed by atoms with van der Waals surface area (Å²) in [5.41, 5.74) is 1.06. The van der Waals surface area contributed by atoms with Crippen LogP contribution in [0.25, 0.3) is 0 Å². The average Bonchev–Trinajstić information content (AvgIpc) is 3.26. The van der Waals surface area contributed by atoms with Gasteiger partial charge in [-0.25, -0.2) is 15.0 Å². The van der Waals surface area contributed by atoms with Gasteiger partial charge >= 0.3 is 0 Å². The molecule has 2 aromatic rings. The molecule has 128 valence electrons. The third kappa shape index (κ3) is 3.08. The van der Waals surface area contributed by atoms with Crippen LogP contribution in [0.2, 0.25) is 0 Å². The molecule has 1 atom stereocenters. The maximum Gasteiger partial charge on any atom is 0.134 e. The number of nitrogens with zero attached hydrogens (tertiary/aromatic N) is 5. The molecule has 0 aromatic carbocycles. The van der Waals surface area contributed by atoms with Crippen LogP contribution in [0.3, 0.4) is 0 Å². The van der Waals surface area contributed by atoms with Crippen LogP contribution in [0.5, 0.6) is 0 Å². The third-order valence-corrected chi connectivity index (χ3v) is 4.94. The fraction of sp³-hybridized carbons (Fsp3) is 0.588. The summed E-state index contributed by atoms with van der Waals surface area (Å²) in [6, 6.07) is 2.14. The van der Waals surface area contributed by atoms with Crippen molar-refractivity contribution >= 4 is 11.6 Å². The summed E-state index contributed by atoms with van der Waals surface area (Å²) in [5.74, 6) is 2.88. The molecule has 4 heterocycles. The van der Waals surface area contributed by atoms with Crippen LogP contribution in [0, 0.1) is 0 Å². The molecule has 2 aliphatic heterocycles. The van der Waals surface area contributed by atoms with E-state index < -0.39 is 0 Å². The van der Waals surface area contributed by atoms with Gasteiger partial charge in [0, 0.05) is 31.8 Å². The first kappa shape index (κ1) is 15.4. The van der Waals surface area contributed by atoms with E-state index in [-0.39, 0.29) is 12.6 Å². The molecular weight excluding hydrogens is 304 g/mol. The lowest BCUT2D eigenvalue weighted by Gasteiger charge is -2.24. The van der Waals surface area contributed by atoms with Gasteiger partial charge in [-0.1, -0.05) is 0 Å². The second kappa shape index (κ2) is 6.76. The predicted octanol–water partition coefficient (Wildman–Crippen LogP) is 1.58. The van der Waals surface area contributed by atoms with Crippen molar-refractivity contribution in [1.29, 1.82) is 0 Å². The summed E-state index contributed by atoms with van der Waals surface area (Å²) < 4.78 is 2.27. The Balaban J connectivity index is 1.43. The van der Waals surface area contributed by atoms with Gasteiger partial charge in [0.2, 0.25) is 0 Å². The van der Waals surface area contributed by atoms with Gasteiger partial charge in [0.25, 0.3) is 0 Å². The SMILES string of the molecule is OC[C@H]1CCCN1c1cc(NCc2cn3c(n2)CCCC3)ncn1. The molecular formula is C17H24N6O. The number of aryl methyl sites for hydroxylation is 2. The number of nitrogens with one attached hydrogen (secondary N) is 1. The number of aliphatic hydroxyl groups is 1. The molecule has 0 amide bonds. The van der Waals surface area contributed by atoms with Crippen molar-refractivity contribution in [2.75, 3.05) is 23.4 Å². The Bertz CT molecular complexity index is 677. The van der Waals surface area contributed by atoms with Crippen molar-refractivity contribution in [3.05, 3.63) is 30.1 Å². The van der Waals surface area contributed by atoms with Gasteiger partial charge in [-0.3, -0.25) is 0 Å². The summed E-state index contributed by atoms with van der Waals surface area (Å²) in [6.07, 6.45) is 9.40. The molecule has 1 fully saturated rings. The van der Waals surface area contributed by atoms with E-state index in [2.05, 4.69) is 30.9 Å². The number of aromatic nitrogens is 4. The highest BCUT2D eigenvalue weighted by molar-refractivity contribution is 5.50.